The maximum Gasteiger partial charge on any atom is 0.226 e. The van der Waals surface area contributed by atoms with E-state index < -0.39 is 12.3 Å². The van der Waals surface area contributed by atoms with E-state index >= 15 is 0 Å². The quantitative estimate of drug-likeness (QED) is 0.767. The molecular formula is C13H11ClO2. The molecule has 0 aliphatic heterocycles. The van der Waals surface area contributed by atoms with Gasteiger partial charge in [-0.3, -0.25) is 4.79 Å². The van der Waals surface area contributed by atoms with Crippen LogP contribution in [-0.4, -0.2) is 12.3 Å². The second-order valence-electron chi connectivity index (χ2n) is 3.43. The van der Waals surface area contributed by atoms with Gasteiger partial charge in [-0.1, -0.05) is 24.3 Å². The van der Waals surface area contributed by atoms with Crippen molar-refractivity contribution in [3.8, 4) is 5.75 Å². The molecule has 16 heavy (non-hydrogen) atoms. The lowest BCUT2D eigenvalue weighted by atomic mass is 10.0. The fraction of sp³-hybridized carbons (Fsp3) is 0.154. The van der Waals surface area contributed by atoms with Gasteiger partial charge in [0.15, 0.2) is 0 Å². The van der Waals surface area contributed by atoms with E-state index in [-0.39, 0.29) is 12.2 Å². The number of fused-ring (bicyclic) bond motifs is 1. The summed E-state index contributed by atoms with van der Waals surface area (Å²) in [7, 11) is -2.50. The molecule has 2 nitrogen and oxygen atoms in total. The molecule has 0 aliphatic rings. The van der Waals surface area contributed by atoms with Crippen molar-refractivity contribution >= 4 is 27.6 Å². The van der Waals surface area contributed by atoms with Crippen LogP contribution in [0, 0.1) is 0 Å². The molecule has 0 aliphatic carbocycles. The lowest BCUT2D eigenvalue weighted by Gasteiger charge is -2.06. The number of methoxy groups -OCH3 is 1. The number of benzene rings is 2. The van der Waals surface area contributed by atoms with Crippen LogP contribution in [0.15, 0.2) is 36.4 Å². The van der Waals surface area contributed by atoms with Crippen molar-refractivity contribution in [2.75, 3.05) is 7.04 Å². The van der Waals surface area contributed by atoms with Crippen LogP contribution in [-0.2, 0) is 11.2 Å². The van der Waals surface area contributed by atoms with E-state index in [1.807, 2.05) is 12.1 Å². The van der Waals surface area contributed by atoms with Crippen molar-refractivity contribution in [2.45, 2.75) is 6.42 Å². The lowest BCUT2D eigenvalue weighted by Crippen LogP contribution is -1.94. The summed E-state index contributed by atoms with van der Waals surface area (Å²) in [5.74, 6) is 0.238. The van der Waals surface area contributed by atoms with Gasteiger partial charge in [-0.15, -0.1) is 0 Å². The maximum absolute atomic E-state index is 11.0. The van der Waals surface area contributed by atoms with Crippen LogP contribution in [0.1, 0.15) is 9.68 Å². The number of rotatable bonds is 3. The fourth-order valence-corrected chi connectivity index (χ4v) is 1.83. The summed E-state index contributed by atoms with van der Waals surface area (Å²) in [6, 6.07) is 10.4. The first-order chi connectivity index (χ1) is 8.85. The van der Waals surface area contributed by atoms with E-state index in [2.05, 4.69) is 0 Å². The third-order valence-electron chi connectivity index (χ3n) is 2.39. The molecule has 0 saturated carbocycles. The number of hydrogen-bond donors (Lipinski definition) is 0. The first-order valence-electron chi connectivity index (χ1n) is 6.24. The van der Waals surface area contributed by atoms with Crippen molar-refractivity contribution in [3.05, 3.63) is 42.0 Å². The van der Waals surface area contributed by atoms with E-state index in [1.165, 1.54) is 0 Å². The van der Waals surface area contributed by atoms with Crippen molar-refractivity contribution in [1.29, 1.82) is 0 Å². The van der Waals surface area contributed by atoms with Crippen LogP contribution in [0.2, 0.25) is 0 Å². The van der Waals surface area contributed by atoms with Gasteiger partial charge < -0.3 is 4.74 Å². The molecule has 0 fully saturated rings. The Hall–Kier alpha value is -1.54. The topological polar surface area (TPSA) is 26.3 Å². The third-order valence-corrected chi connectivity index (χ3v) is 2.52. The molecule has 0 heterocycles. The number of carbonyl (C=O) groups excluding carboxylic acids is 1. The largest absolute Gasteiger partial charge is 0.497 e. The van der Waals surface area contributed by atoms with Crippen LogP contribution < -0.4 is 4.74 Å². The standard InChI is InChI=1S/C13H11ClO2/c1-16-11-6-5-9-3-2-4-10(7-13(14)15)12(9)8-11/h2-6,8H,7H2,1H3/i1D3. The molecule has 2 rings (SSSR count). The van der Waals surface area contributed by atoms with Crippen LogP contribution >= 0.6 is 11.6 Å². The summed E-state index contributed by atoms with van der Waals surface area (Å²) < 4.78 is 26.1. The molecule has 0 atom stereocenters. The molecule has 0 spiro atoms. The minimum atomic E-state index is -2.50. The summed E-state index contributed by atoms with van der Waals surface area (Å²) in [6.45, 7) is 0. The van der Waals surface area contributed by atoms with Crippen LogP contribution in [0.25, 0.3) is 10.8 Å². The SMILES string of the molecule is [2H]C([2H])([2H])Oc1ccc2cccc(CC(=O)Cl)c2c1. The van der Waals surface area contributed by atoms with Gasteiger partial charge in [0.05, 0.1) is 11.2 Å². The number of ether oxygens (including phenoxy) is 1. The first kappa shape index (κ1) is 7.69. The van der Waals surface area contributed by atoms with Crippen molar-refractivity contribution < 1.29 is 13.6 Å². The molecule has 0 aromatic heterocycles. The van der Waals surface area contributed by atoms with Gasteiger partial charge in [-0.2, -0.15) is 0 Å². The molecular weight excluding hydrogens is 224 g/mol. The van der Waals surface area contributed by atoms with Crippen LogP contribution in [0.3, 0.4) is 0 Å². The van der Waals surface area contributed by atoms with Crippen LogP contribution in [0.5, 0.6) is 5.75 Å². The second kappa shape index (κ2) is 4.54. The predicted molar refractivity (Wildman–Crippen MR) is 65.1 cm³/mol. The zero-order valence-corrected chi connectivity index (χ0v) is 9.12. The van der Waals surface area contributed by atoms with Gasteiger partial charge >= 0.3 is 0 Å². The van der Waals surface area contributed by atoms with E-state index in [4.69, 9.17) is 20.5 Å². The highest BCUT2D eigenvalue weighted by Gasteiger charge is 2.05. The summed E-state index contributed by atoms with van der Waals surface area (Å²) in [4.78, 5) is 11.0. The average Bonchev–Trinajstić information content (AvgIpc) is 2.27. The second-order valence-corrected chi connectivity index (χ2v) is 3.86. The number of carbonyl (C=O) groups is 1. The molecule has 0 amide bonds. The van der Waals surface area contributed by atoms with Gasteiger partial charge in [0, 0.05) is 6.42 Å². The molecule has 2 aromatic rings. The Morgan fingerprint density at radius 3 is 3.06 bits per heavy atom. The highest BCUT2D eigenvalue weighted by molar-refractivity contribution is 6.63. The van der Waals surface area contributed by atoms with E-state index in [0.29, 0.717) is 0 Å². The summed E-state index contributed by atoms with van der Waals surface area (Å²) >= 11 is 5.40. The Bertz CT molecular complexity index is 623. The third kappa shape index (κ3) is 2.17. The molecule has 0 unspecified atom stereocenters. The molecule has 3 heteroatoms. The van der Waals surface area contributed by atoms with Crippen molar-refractivity contribution in [3.63, 3.8) is 0 Å². The Balaban J connectivity index is 2.47. The van der Waals surface area contributed by atoms with Crippen LogP contribution in [0.4, 0.5) is 0 Å². The van der Waals surface area contributed by atoms with E-state index in [9.17, 15) is 4.79 Å². The molecule has 0 saturated heterocycles. The molecule has 0 radical (unpaired) electrons. The van der Waals surface area contributed by atoms with Gasteiger partial charge in [-0.25, -0.2) is 0 Å². The lowest BCUT2D eigenvalue weighted by molar-refractivity contribution is -0.111. The van der Waals surface area contributed by atoms with E-state index in [0.717, 1.165) is 16.3 Å². The Morgan fingerprint density at radius 2 is 2.31 bits per heavy atom. The minimum Gasteiger partial charge on any atom is -0.497 e. The van der Waals surface area contributed by atoms with Crippen molar-refractivity contribution in [1.82, 2.24) is 0 Å². The van der Waals surface area contributed by atoms with Gasteiger partial charge in [-0.05, 0) is 40.1 Å². The summed E-state index contributed by atoms with van der Waals surface area (Å²) in [6.07, 6.45) is 0.0934. The Kier molecular flexibility index (Phi) is 2.18. The molecule has 2 aromatic carbocycles. The van der Waals surface area contributed by atoms with Gasteiger partial charge in [0.2, 0.25) is 5.24 Å². The highest BCUT2D eigenvalue weighted by atomic mass is 35.5. The van der Waals surface area contributed by atoms with Gasteiger partial charge in [0.25, 0.3) is 0 Å². The normalized spacial score (nSPS) is 13.9. The smallest absolute Gasteiger partial charge is 0.226 e. The summed E-state index contributed by atoms with van der Waals surface area (Å²) in [5, 5.41) is 1.20. The highest BCUT2D eigenvalue weighted by Crippen LogP contribution is 2.24. The molecule has 0 bridgehead atoms. The Morgan fingerprint density at radius 1 is 1.44 bits per heavy atom. The Labute approximate surface area is 103 Å². The number of hydrogen-bond acceptors (Lipinski definition) is 2. The minimum absolute atomic E-state index is 0.0934. The molecule has 82 valence electrons. The van der Waals surface area contributed by atoms with Crippen molar-refractivity contribution in [2.24, 2.45) is 0 Å². The predicted octanol–water partition coefficient (Wildman–Crippen LogP) is 3.16. The zero-order valence-electron chi connectivity index (χ0n) is 11.4. The zero-order chi connectivity index (χ0) is 14.0. The summed E-state index contributed by atoms with van der Waals surface area (Å²) in [5.41, 5.74) is 0.744. The monoisotopic (exact) mass is 237 g/mol. The van der Waals surface area contributed by atoms with Gasteiger partial charge in [0.1, 0.15) is 5.75 Å². The van der Waals surface area contributed by atoms with E-state index in [1.54, 1.807) is 24.3 Å². The maximum atomic E-state index is 11.0. The number of halogens is 1. The first-order valence-corrected chi connectivity index (χ1v) is 5.12. The fourth-order valence-electron chi connectivity index (χ4n) is 1.68. The average molecular weight is 238 g/mol. The molecule has 0 N–H and O–H groups in total.